The van der Waals surface area contributed by atoms with Crippen LogP contribution in [0.25, 0.3) is 10.8 Å². The van der Waals surface area contributed by atoms with Gasteiger partial charge < -0.3 is 50.4 Å². The lowest BCUT2D eigenvalue weighted by Gasteiger charge is -2.33. The smallest absolute Gasteiger partial charge is 0.200 e. The van der Waals surface area contributed by atoms with Crippen LogP contribution in [-0.4, -0.2) is 71.9 Å². The number of aromatic hydroxyl groups is 4. The van der Waals surface area contributed by atoms with Gasteiger partial charge in [0.2, 0.25) is 5.75 Å². The van der Waals surface area contributed by atoms with E-state index in [1.807, 2.05) is 36.4 Å². The zero-order valence-electron chi connectivity index (χ0n) is 29.8. The average molecular weight is 713 g/mol. The fourth-order valence-electron chi connectivity index (χ4n) is 6.82. The number of aliphatic hydroxyl groups excluding tert-OH is 1. The molecule has 11 heteroatoms. The number of methoxy groups -OCH3 is 3. The summed E-state index contributed by atoms with van der Waals surface area (Å²) in [5, 5.41) is 61.0. The highest BCUT2D eigenvalue weighted by molar-refractivity contribution is 5.87. The number of ether oxygens (including phenoxy) is 3. The molecule has 0 aliphatic carbocycles. The van der Waals surface area contributed by atoms with E-state index in [0.717, 1.165) is 33.4 Å². The number of hydrogen-bond acceptors (Lipinski definition) is 11. The molecule has 3 unspecified atom stereocenters. The molecule has 276 valence electrons. The molecule has 4 aromatic carbocycles. The maximum absolute atomic E-state index is 14.4. The molecule has 1 heterocycles. The normalized spacial score (nSPS) is 14.5. The quantitative estimate of drug-likeness (QED) is 0.0455. The molecule has 0 amide bonds. The Hall–Kier alpha value is -5.39. The Kier molecular flexibility index (Phi) is 12.9. The highest BCUT2D eigenvalue weighted by atomic mass is 16.5. The van der Waals surface area contributed by atoms with Crippen LogP contribution in [0.2, 0.25) is 0 Å². The van der Waals surface area contributed by atoms with Crippen molar-refractivity contribution in [3.8, 4) is 34.5 Å². The summed E-state index contributed by atoms with van der Waals surface area (Å²) in [6.07, 6.45) is 5.33. The Labute approximate surface area is 303 Å². The van der Waals surface area contributed by atoms with Gasteiger partial charge in [0.25, 0.3) is 0 Å². The molecular weight excluding hydrogens is 664 g/mol. The van der Waals surface area contributed by atoms with E-state index in [2.05, 4.69) is 10.6 Å². The molecule has 7 N–H and O–H groups in total. The molecular formula is C41H48N2O9. The second-order valence-corrected chi connectivity index (χ2v) is 13.0. The number of hydrogen-bond donors (Lipinski definition) is 7. The number of carbonyl (C=O) groups is 1. The van der Waals surface area contributed by atoms with Crippen molar-refractivity contribution in [2.45, 2.75) is 44.6 Å². The van der Waals surface area contributed by atoms with Crippen LogP contribution in [0, 0.1) is 11.8 Å². The minimum Gasteiger partial charge on any atom is -0.508 e. The van der Waals surface area contributed by atoms with Gasteiger partial charge in [-0.15, -0.1) is 0 Å². The first-order valence-electron chi connectivity index (χ1n) is 17.4. The number of anilines is 1. The molecule has 1 aliphatic heterocycles. The summed E-state index contributed by atoms with van der Waals surface area (Å²) in [4.78, 5) is 14.4. The molecule has 52 heavy (non-hydrogen) atoms. The number of carbonyl (C=O) groups excluding carboxylic acids is 1. The Balaban J connectivity index is 1.44. The number of ketones is 1. The number of fused-ring (bicyclic) bond motifs is 1. The minimum absolute atomic E-state index is 0.0204. The Bertz CT molecular complexity index is 1920. The average Bonchev–Trinajstić information content (AvgIpc) is 3.14. The van der Waals surface area contributed by atoms with Crippen molar-refractivity contribution in [1.82, 2.24) is 5.32 Å². The zero-order chi connectivity index (χ0) is 37.2. The van der Waals surface area contributed by atoms with Crippen LogP contribution in [0.4, 0.5) is 5.69 Å². The van der Waals surface area contributed by atoms with E-state index in [9.17, 15) is 30.3 Å². The van der Waals surface area contributed by atoms with Gasteiger partial charge in [-0.3, -0.25) is 4.79 Å². The van der Waals surface area contributed by atoms with Crippen LogP contribution < -0.4 is 20.1 Å². The van der Waals surface area contributed by atoms with Crippen molar-refractivity contribution in [2.75, 3.05) is 39.8 Å². The van der Waals surface area contributed by atoms with Gasteiger partial charge in [-0.25, -0.2) is 0 Å². The number of aliphatic hydroxyl groups is 1. The van der Waals surface area contributed by atoms with Crippen LogP contribution in [0.3, 0.4) is 0 Å². The Morgan fingerprint density at radius 2 is 1.58 bits per heavy atom. The number of allylic oxidation sites excluding steroid dienone is 2. The van der Waals surface area contributed by atoms with Crippen LogP contribution in [0.1, 0.15) is 36.8 Å². The highest BCUT2D eigenvalue weighted by Crippen LogP contribution is 2.38. The van der Waals surface area contributed by atoms with Crippen LogP contribution in [0.5, 0.6) is 34.5 Å². The number of phenolic OH excluding ortho intramolecular Hbond substituents is 4. The van der Waals surface area contributed by atoms with Gasteiger partial charge in [0, 0.05) is 32.4 Å². The van der Waals surface area contributed by atoms with E-state index >= 15 is 0 Å². The van der Waals surface area contributed by atoms with Gasteiger partial charge in [-0.1, -0.05) is 24.3 Å². The molecule has 0 saturated heterocycles. The van der Waals surface area contributed by atoms with Crippen molar-refractivity contribution < 1.29 is 44.5 Å². The van der Waals surface area contributed by atoms with E-state index in [1.165, 1.54) is 20.3 Å². The van der Waals surface area contributed by atoms with Crippen LogP contribution in [0.15, 0.2) is 90.3 Å². The van der Waals surface area contributed by atoms with Crippen molar-refractivity contribution in [3.05, 3.63) is 101 Å². The largest absolute Gasteiger partial charge is 0.508 e. The van der Waals surface area contributed by atoms with E-state index in [4.69, 9.17) is 14.2 Å². The maximum atomic E-state index is 14.4. The first-order valence-corrected chi connectivity index (χ1v) is 17.4. The number of aryl methyl sites for hydroxylation is 2. The third-order valence-electron chi connectivity index (χ3n) is 9.52. The number of dihydropyridines is 1. The van der Waals surface area contributed by atoms with Crippen molar-refractivity contribution in [2.24, 2.45) is 11.8 Å². The van der Waals surface area contributed by atoms with Gasteiger partial charge in [-0.05, 0) is 120 Å². The number of nitrogens with one attached hydrogen (secondary N) is 2. The van der Waals surface area contributed by atoms with E-state index in [0.29, 0.717) is 43.7 Å². The lowest BCUT2D eigenvalue weighted by molar-refractivity contribution is -0.128. The molecule has 11 nitrogen and oxygen atoms in total. The van der Waals surface area contributed by atoms with Gasteiger partial charge >= 0.3 is 0 Å². The summed E-state index contributed by atoms with van der Waals surface area (Å²) in [6.45, 7) is 0.994. The summed E-state index contributed by atoms with van der Waals surface area (Å²) in [5.41, 5.74) is 3.22. The molecule has 0 spiro atoms. The molecule has 1 aliphatic rings. The van der Waals surface area contributed by atoms with Gasteiger partial charge in [0.05, 0.1) is 26.2 Å². The van der Waals surface area contributed by atoms with E-state index in [-0.39, 0.29) is 59.7 Å². The van der Waals surface area contributed by atoms with Gasteiger partial charge in [0.15, 0.2) is 23.0 Å². The lowest BCUT2D eigenvalue weighted by atomic mass is 9.74. The summed E-state index contributed by atoms with van der Waals surface area (Å²) in [6, 6.07) is 19.1. The summed E-state index contributed by atoms with van der Waals surface area (Å²) in [5.74, 6) is -0.565. The third-order valence-corrected chi connectivity index (χ3v) is 9.52. The molecule has 0 bridgehead atoms. The third kappa shape index (κ3) is 9.48. The number of phenols is 4. The van der Waals surface area contributed by atoms with Crippen molar-refractivity contribution >= 4 is 22.2 Å². The first-order chi connectivity index (χ1) is 25.1. The molecule has 0 aromatic heterocycles. The topological polar surface area (TPSA) is 170 Å². The molecule has 5 rings (SSSR count). The molecule has 0 radical (unpaired) electrons. The molecule has 0 fully saturated rings. The number of benzene rings is 4. The Morgan fingerprint density at radius 1 is 0.827 bits per heavy atom. The second kappa shape index (κ2) is 17.7. The van der Waals surface area contributed by atoms with Gasteiger partial charge in [0.1, 0.15) is 17.4 Å². The highest BCUT2D eigenvalue weighted by Gasteiger charge is 2.36. The van der Waals surface area contributed by atoms with Crippen LogP contribution in [-0.2, 0) is 22.4 Å². The maximum Gasteiger partial charge on any atom is 0.200 e. The molecule has 3 atom stereocenters. The monoisotopic (exact) mass is 712 g/mol. The van der Waals surface area contributed by atoms with Gasteiger partial charge in [-0.2, -0.15) is 0 Å². The second-order valence-electron chi connectivity index (χ2n) is 13.0. The summed E-state index contributed by atoms with van der Waals surface area (Å²) in [7, 11) is 4.50. The SMILES string of the molecule is COCCCC(C1=CCNC(Nc2ccc3cc(O)ccc3c2)=C1)C(C(=O)CCc1cc(O)c(O)c(OC)c1)C(O)CCc1ccc(O)c(OC)c1. The van der Waals surface area contributed by atoms with Crippen molar-refractivity contribution in [1.29, 1.82) is 0 Å². The summed E-state index contributed by atoms with van der Waals surface area (Å²) < 4.78 is 15.9. The number of Topliss-reactive ketones (excluding diaryl/α,β-unsaturated/α-hetero) is 1. The Morgan fingerprint density at radius 3 is 2.35 bits per heavy atom. The standard InChI is InChI=1S/C41H48N2O9/c1-50-18-4-5-32(29-16-17-42-39(24-29)43-30-11-9-28-23-31(44)12-10-27(28)22-30)40(34(46)14-7-25-6-13-33(45)37(20-25)51-2)35(47)15-8-26-19-36(48)41(49)38(21-26)52-3/h6,9-13,16,19-24,32,34,40,42-46,48-49H,4-5,7-8,14-15,17-18H2,1-3H3. The first kappa shape index (κ1) is 37.9. The van der Waals surface area contributed by atoms with E-state index in [1.54, 1.807) is 43.5 Å². The fourth-order valence-corrected chi connectivity index (χ4v) is 6.82. The predicted molar refractivity (Wildman–Crippen MR) is 200 cm³/mol. The number of rotatable bonds is 18. The summed E-state index contributed by atoms with van der Waals surface area (Å²) >= 11 is 0. The van der Waals surface area contributed by atoms with Crippen LogP contribution >= 0.6 is 0 Å². The van der Waals surface area contributed by atoms with Crippen molar-refractivity contribution in [3.63, 3.8) is 0 Å². The minimum atomic E-state index is -1.01. The van der Waals surface area contributed by atoms with E-state index < -0.39 is 12.0 Å². The zero-order valence-corrected chi connectivity index (χ0v) is 29.8. The predicted octanol–water partition coefficient (Wildman–Crippen LogP) is 6.32. The lowest BCUT2D eigenvalue weighted by Crippen LogP contribution is -2.37. The fraction of sp³-hybridized carbons (Fsp3) is 0.341. The molecule has 0 saturated carbocycles. The molecule has 4 aromatic rings.